The first-order valence-corrected chi connectivity index (χ1v) is 6.54. The quantitative estimate of drug-likeness (QED) is 0.514. The van der Waals surface area contributed by atoms with E-state index in [0.29, 0.717) is 24.0 Å². The predicted octanol–water partition coefficient (Wildman–Crippen LogP) is 0.500. The Morgan fingerprint density at radius 2 is 2.26 bits per heavy atom. The average Bonchev–Trinajstić information content (AvgIpc) is 3.21. The van der Waals surface area contributed by atoms with Crippen LogP contribution in [0.1, 0.15) is 28.9 Å². The highest BCUT2D eigenvalue weighted by Crippen LogP contribution is 2.24. The van der Waals surface area contributed by atoms with Crippen molar-refractivity contribution in [1.29, 1.82) is 0 Å². The summed E-state index contributed by atoms with van der Waals surface area (Å²) in [6.45, 7) is 3.36. The summed E-state index contributed by atoms with van der Waals surface area (Å²) in [4.78, 5) is 18.4. The molecule has 1 amide bonds. The summed E-state index contributed by atoms with van der Waals surface area (Å²) >= 11 is 0. The van der Waals surface area contributed by atoms with Crippen LogP contribution < -0.4 is 16.6 Å². The fourth-order valence-corrected chi connectivity index (χ4v) is 2.02. The van der Waals surface area contributed by atoms with E-state index in [4.69, 9.17) is 5.84 Å². The van der Waals surface area contributed by atoms with E-state index in [9.17, 15) is 4.79 Å². The van der Waals surface area contributed by atoms with Gasteiger partial charge in [-0.05, 0) is 38.9 Å². The number of aromatic nitrogens is 1. The van der Waals surface area contributed by atoms with E-state index in [1.54, 1.807) is 12.1 Å². The van der Waals surface area contributed by atoms with Crippen LogP contribution in [0.5, 0.6) is 0 Å². The molecule has 1 fully saturated rings. The molecule has 0 unspecified atom stereocenters. The van der Waals surface area contributed by atoms with Gasteiger partial charge in [0, 0.05) is 30.4 Å². The maximum Gasteiger partial charge on any atom is 0.251 e. The molecule has 6 heteroatoms. The Balaban J connectivity index is 1.86. The third kappa shape index (κ3) is 3.90. The summed E-state index contributed by atoms with van der Waals surface area (Å²) in [7, 11) is 2.09. The van der Waals surface area contributed by atoms with Crippen molar-refractivity contribution in [2.45, 2.75) is 25.8 Å². The summed E-state index contributed by atoms with van der Waals surface area (Å²) < 4.78 is 0. The smallest absolute Gasteiger partial charge is 0.251 e. The van der Waals surface area contributed by atoms with Crippen molar-refractivity contribution in [3.05, 3.63) is 23.4 Å². The van der Waals surface area contributed by atoms with Gasteiger partial charge in [0.2, 0.25) is 0 Å². The molecule has 1 heterocycles. The number of nitrogens with two attached hydrogens (primary N) is 1. The standard InChI is InChI=1S/C13H21N5O/c1-9-7-10(8-12(16-9)17-14)13(19)15-5-6-18(2)11-3-4-11/h7-8,11H,3-6,14H2,1-2H3,(H,15,19)(H,16,17). The Morgan fingerprint density at radius 3 is 2.89 bits per heavy atom. The zero-order valence-corrected chi connectivity index (χ0v) is 11.4. The van der Waals surface area contributed by atoms with Crippen molar-refractivity contribution in [1.82, 2.24) is 15.2 Å². The lowest BCUT2D eigenvalue weighted by Crippen LogP contribution is -2.34. The number of rotatable bonds is 6. The van der Waals surface area contributed by atoms with Crippen LogP contribution in [0.15, 0.2) is 12.1 Å². The number of hydrazine groups is 1. The highest BCUT2D eigenvalue weighted by atomic mass is 16.1. The number of carbonyl (C=O) groups is 1. The molecule has 1 aliphatic carbocycles. The molecular formula is C13H21N5O. The Hall–Kier alpha value is -1.66. The van der Waals surface area contributed by atoms with Gasteiger partial charge >= 0.3 is 0 Å². The number of carbonyl (C=O) groups excluding carboxylic acids is 1. The van der Waals surface area contributed by atoms with E-state index in [1.165, 1.54) is 12.8 Å². The fourth-order valence-electron chi connectivity index (χ4n) is 2.02. The number of hydrogen-bond donors (Lipinski definition) is 3. The number of hydrogen-bond acceptors (Lipinski definition) is 5. The van der Waals surface area contributed by atoms with Crippen LogP contribution in [0.25, 0.3) is 0 Å². The number of anilines is 1. The summed E-state index contributed by atoms with van der Waals surface area (Å²) in [5.41, 5.74) is 3.80. The number of nitrogens with one attached hydrogen (secondary N) is 2. The SMILES string of the molecule is Cc1cc(C(=O)NCCN(C)C2CC2)cc(NN)n1. The monoisotopic (exact) mass is 263 g/mol. The third-order valence-electron chi connectivity index (χ3n) is 3.28. The minimum absolute atomic E-state index is 0.0915. The second-order valence-electron chi connectivity index (χ2n) is 4.99. The number of aryl methyl sites for hydroxylation is 1. The summed E-state index contributed by atoms with van der Waals surface area (Å²) in [5, 5.41) is 2.91. The van der Waals surface area contributed by atoms with Crippen LogP contribution in [0.3, 0.4) is 0 Å². The predicted molar refractivity (Wildman–Crippen MR) is 74.8 cm³/mol. The minimum atomic E-state index is -0.0915. The molecule has 1 aliphatic rings. The second-order valence-corrected chi connectivity index (χ2v) is 4.99. The molecule has 1 saturated carbocycles. The highest BCUT2D eigenvalue weighted by molar-refractivity contribution is 5.94. The van der Waals surface area contributed by atoms with Crippen molar-refractivity contribution in [3.63, 3.8) is 0 Å². The number of nitrogens with zero attached hydrogens (tertiary/aromatic N) is 2. The molecule has 0 bridgehead atoms. The fraction of sp³-hybridized carbons (Fsp3) is 0.538. The van der Waals surface area contributed by atoms with Crippen LogP contribution in [-0.2, 0) is 0 Å². The summed E-state index contributed by atoms with van der Waals surface area (Å²) in [5.74, 6) is 5.73. The molecule has 2 rings (SSSR count). The molecule has 104 valence electrons. The number of amides is 1. The average molecular weight is 263 g/mol. The van der Waals surface area contributed by atoms with Crippen molar-refractivity contribution in [2.24, 2.45) is 5.84 Å². The van der Waals surface area contributed by atoms with E-state index >= 15 is 0 Å². The van der Waals surface area contributed by atoms with E-state index in [1.807, 2.05) is 6.92 Å². The molecule has 0 aliphatic heterocycles. The van der Waals surface area contributed by atoms with Crippen LogP contribution in [0, 0.1) is 6.92 Å². The molecule has 1 aromatic rings. The Labute approximate surface area is 113 Å². The van der Waals surface area contributed by atoms with Crippen molar-refractivity contribution >= 4 is 11.7 Å². The molecule has 1 aromatic heterocycles. The van der Waals surface area contributed by atoms with E-state index in [2.05, 4.69) is 27.7 Å². The zero-order chi connectivity index (χ0) is 13.8. The second kappa shape index (κ2) is 5.99. The Morgan fingerprint density at radius 1 is 1.53 bits per heavy atom. The van der Waals surface area contributed by atoms with Crippen LogP contribution in [0.4, 0.5) is 5.82 Å². The van der Waals surface area contributed by atoms with E-state index < -0.39 is 0 Å². The van der Waals surface area contributed by atoms with Crippen molar-refractivity contribution in [3.8, 4) is 0 Å². The number of likely N-dealkylation sites (N-methyl/N-ethyl adjacent to an activating group) is 1. The summed E-state index contributed by atoms with van der Waals surface area (Å²) in [6.07, 6.45) is 2.55. The van der Waals surface area contributed by atoms with Gasteiger partial charge in [0.1, 0.15) is 5.82 Å². The molecule has 0 atom stereocenters. The highest BCUT2D eigenvalue weighted by Gasteiger charge is 2.25. The van der Waals surface area contributed by atoms with Gasteiger partial charge < -0.3 is 15.6 Å². The maximum absolute atomic E-state index is 12.0. The first-order valence-electron chi connectivity index (χ1n) is 6.54. The van der Waals surface area contributed by atoms with Gasteiger partial charge in [-0.25, -0.2) is 10.8 Å². The molecule has 0 aromatic carbocycles. The van der Waals surface area contributed by atoms with Crippen molar-refractivity contribution < 1.29 is 4.79 Å². The van der Waals surface area contributed by atoms with Crippen LogP contribution in [-0.4, -0.2) is 42.0 Å². The largest absolute Gasteiger partial charge is 0.351 e. The molecule has 0 radical (unpaired) electrons. The lowest BCUT2D eigenvalue weighted by atomic mass is 10.2. The molecule has 4 N–H and O–H groups in total. The van der Waals surface area contributed by atoms with Gasteiger partial charge in [-0.3, -0.25) is 4.79 Å². The number of nitrogen functional groups attached to an aromatic ring is 1. The third-order valence-corrected chi connectivity index (χ3v) is 3.28. The lowest BCUT2D eigenvalue weighted by molar-refractivity contribution is 0.0949. The van der Waals surface area contributed by atoms with Crippen LogP contribution >= 0.6 is 0 Å². The van der Waals surface area contributed by atoms with Gasteiger partial charge in [-0.15, -0.1) is 0 Å². The van der Waals surface area contributed by atoms with Gasteiger partial charge in [0.15, 0.2) is 0 Å². The van der Waals surface area contributed by atoms with Gasteiger partial charge in [-0.2, -0.15) is 0 Å². The summed E-state index contributed by atoms with van der Waals surface area (Å²) in [6, 6.07) is 4.11. The van der Waals surface area contributed by atoms with Gasteiger partial charge in [0.05, 0.1) is 0 Å². The maximum atomic E-state index is 12.0. The Kier molecular flexibility index (Phi) is 4.34. The minimum Gasteiger partial charge on any atom is -0.351 e. The molecular weight excluding hydrogens is 242 g/mol. The topological polar surface area (TPSA) is 83.3 Å². The van der Waals surface area contributed by atoms with Gasteiger partial charge in [0.25, 0.3) is 5.91 Å². The van der Waals surface area contributed by atoms with Gasteiger partial charge in [-0.1, -0.05) is 0 Å². The normalized spacial score (nSPS) is 14.5. The Bertz CT molecular complexity index is 458. The number of pyridine rings is 1. The van der Waals surface area contributed by atoms with Crippen molar-refractivity contribution in [2.75, 3.05) is 25.6 Å². The molecule has 6 nitrogen and oxygen atoms in total. The first kappa shape index (κ1) is 13.8. The lowest BCUT2D eigenvalue weighted by Gasteiger charge is -2.15. The zero-order valence-electron chi connectivity index (χ0n) is 11.4. The first-order chi connectivity index (χ1) is 9.10. The molecule has 0 saturated heterocycles. The van der Waals surface area contributed by atoms with E-state index in [0.717, 1.165) is 12.2 Å². The van der Waals surface area contributed by atoms with E-state index in [-0.39, 0.29) is 5.91 Å². The molecule has 0 spiro atoms. The van der Waals surface area contributed by atoms with Crippen LogP contribution in [0.2, 0.25) is 0 Å². The molecule has 19 heavy (non-hydrogen) atoms.